The van der Waals surface area contributed by atoms with Crippen molar-refractivity contribution in [3.63, 3.8) is 0 Å². The van der Waals surface area contributed by atoms with Crippen molar-refractivity contribution in [3.8, 4) is 11.5 Å². The fourth-order valence-corrected chi connectivity index (χ4v) is 3.27. The first-order valence-electron chi connectivity index (χ1n) is 9.52. The zero-order valence-corrected chi connectivity index (χ0v) is 18.6. The number of nitrogens with zero attached hydrogens (tertiary/aromatic N) is 4. The van der Waals surface area contributed by atoms with E-state index in [1.165, 1.54) is 26.3 Å². The molecule has 1 aromatic heterocycles. The minimum Gasteiger partial charge on any atom is -0.504 e. The van der Waals surface area contributed by atoms with Crippen LogP contribution in [0.15, 0.2) is 52.7 Å². The molecule has 0 unspecified atom stereocenters. The molecule has 0 radical (unpaired) electrons. The first kappa shape index (κ1) is 23.4. The van der Waals surface area contributed by atoms with E-state index in [9.17, 15) is 14.7 Å². The number of hydrazone groups is 1. The molecule has 0 atom stereocenters. The fraction of sp³-hybridized carbons (Fsp3) is 0.150. The number of nitrogens with two attached hydrogens (primary N) is 1. The number of phenolic OH excluding ortho intramolecular Hbond substituents is 1. The van der Waals surface area contributed by atoms with Gasteiger partial charge in [-0.05, 0) is 42.0 Å². The van der Waals surface area contributed by atoms with Crippen molar-refractivity contribution in [2.75, 3.05) is 34.8 Å². The number of phenols is 1. The second-order valence-corrected chi connectivity index (χ2v) is 7.52. The molecule has 0 aliphatic carbocycles. The third-order valence-corrected chi connectivity index (χ3v) is 4.99. The van der Waals surface area contributed by atoms with Crippen molar-refractivity contribution in [2.45, 2.75) is 12.1 Å². The highest BCUT2D eigenvalue weighted by Crippen LogP contribution is 2.25. The largest absolute Gasteiger partial charge is 0.504 e. The Kier molecular flexibility index (Phi) is 7.70. The number of thioether (sulfide) groups is 1. The molecule has 172 valence electrons. The van der Waals surface area contributed by atoms with Crippen LogP contribution in [0.1, 0.15) is 12.5 Å². The van der Waals surface area contributed by atoms with Gasteiger partial charge in [-0.25, -0.2) is 10.1 Å². The maximum absolute atomic E-state index is 12.3. The molecule has 0 saturated heterocycles. The monoisotopic (exact) mass is 470 g/mol. The minimum absolute atomic E-state index is 0.0118. The molecule has 33 heavy (non-hydrogen) atoms. The number of methoxy groups -OCH3 is 1. The van der Waals surface area contributed by atoms with E-state index in [1.807, 2.05) is 0 Å². The van der Waals surface area contributed by atoms with E-state index in [2.05, 4.69) is 31.4 Å². The summed E-state index contributed by atoms with van der Waals surface area (Å²) in [5.41, 5.74) is 4.40. The van der Waals surface area contributed by atoms with Crippen molar-refractivity contribution in [2.24, 2.45) is 5.10 Å². The second kappa shape index (κ2) is 10.9. The molecule has 0 bridgehead atoms. The number of hydrogen-bond donors (Lipinski definition) is 5. The van der Waals surface area contributed by atoms with Crippen LogP contribution in [0.4, 0.5) is 17.3 Å². The van der Waals surface area contributed by atoms with Crippen LogP contribution < -0.4 is 26.6 Å². The number of anilines is 3. The highest BCUT2D eigenvalue weighted by molar-refractivity contribution is 7.99. The molecule has 0 aliphatic heterocycles. The Hall–Kier alpha value is -4.26. The summed E-state index contributed by atoms with van der Waals surface area (Å²) in [4.78, 5) is 23.4. The number of carbonyl (C=O) groups excluding carboxylic acids is 2. The number of ether oxygens (including phenoxy) is 1. The van der Waals surface area contributed by atoms with Crippen LogP contribution in [0.3, 0.4) is 0 Å². The topological polar surface area (TPSA) is 169 Å². The van der Waals surface area contributed by atoms with Gasteiger partial charge in [0.2, 0.25) is 17.0 Å². The van der Waals surface area contributed by atoms with Crippen molar-refractivity contribution in [1.82, 2.24) is 14.9 Å². The highest BCUT2D eigenvalue weighted by Gasteiger charge is 2.12. The molecule has 3 aromatic rings. The maximum Gasteiger partial charge on any atom is 0.264 e. The summed E-state index contributed by atoms with van der Waals surface area (Å²) in [6.07, 6.45) is 1.46. The summed E-state index contributed by atoms with van der Waals surface area (Å²) < 4.78 is 6.15. The summed E-state index contributed by atoms with van der Waals surface area (Å²) in [7, 11) is 1.46. The van der Waals surface area contributed by atoms with Crippen molar-refractivity contribution in [3.05, 3.63) is 48.0 Å². The molecule has 0 saturated carbocycles. The number of hydrogen-bond acceptors (Lipinski definition) is 10. The zero-order valence-electron chi connectivity index (χ0n) is 17.8. The summed E-state index contributed by atoms with van der Waals surface area (Å²) in [5, 5.41) is 27.3. The van der Waals surface area contributed by atoms with Gasteiger partial charge in [-0.3, -0.25) is 9.59 Å². The van der Waals surface area contributed by atoms with E-state index in [4.69, 9.17) is 10.6 Å². The Bertz CT molecular complexity index is 1180. The molecule has 3 rings (SSSR count). The molecule has 0 aliphatic rings. The summed E-state index contributed by atoms with van der Waals surface area (Å²) >= 11 is 1.09. The molecule has 2 aromatic carbocycles. The van der Waals surface area contributed by atoms with Crippen LogP contribution in [0.5, 0.6) is 11.5 Å². The number of aromatic hydroxyl groups is 1. The van der Waals surface area contributed by atoms with Crippen LogP contribution >= 0.6 is 11.8 Å². The van der Waals surface area contributed by atoms with Gasteiger partial charge in [0.25, 0.3) is 5.95 Å². The summed E-state index contributed by atoms with van der Waals surface area (Å²) in [5.74, 6) is 6.01. The lowest BCUT2D eigenvalue weighted by atomic mass is 10.2. The van der Waals surface area contributed by atoms with E-state index in [0.29, 0.717) is 27.8 Å². The third-order valence-electron chi connectivity index (χ3n) is 4.04. The number of amides is 2. The smallest absolute Gasteiger partial charge is 0.264 e. The van der Waals surface area contributed by atoms with Crippen LogP contribution in [0.25, 0.3) is 0 Å². The maximum atomic E-state index is 12.3. The Morgan fingerprint density at radius 1 is 1.21 bits per heavy atom. The average Bonchev–Trinajstić information content (AvgIpc) is 3.11. The fourth-order valence-electron chi connectivity index (χ4n) is 2.61. The second-order valence-electron chi connectivity index (χ2n) is 6.58. The molecule has 2 amide bonds. The minimum atomic E-state index is -0.283. The number of carbonyl (C=O) groups is 2. The molecule has 13 heteroatoms. The van der Waals surface area contributed by atoms with Gasteiger partial charge in [-0.2, -0.15) is 5.10 Å². The lowest BCUT2D eigenvalue weighted by Gasteiger charge is -2.07. The van der Waals surface area contributed by atoms with Crippen molar-refractivity contribution < 1.29 is 19.4 Å². The number of aromatic nitrogens is 3. The molecular weight excluding hydrogens is 448 g/mol. The Labute approximate surface area is 193 Å². The Morgan fingerprint density at radius 3 is 2.67 bits per heavy atom. The summed E-state index contributed by atoms with van der Waals surface area (Å²) in [6, 6.07) is 11.6. The number of nitrogens with one attached hydrogen (secondary N) is 3. The van der Waals surface area contributed by atoms with Crippen LogP contribution in [-0.2, 0) is 9.59 Å². The average molecular weight is 471 g/mol. The molecule has 6 N–H and O–H groups in total. The SMILES string of the molecule is COc1ccc(/C=N/Nc2nnc(SCC(=O)Nc3cccc(NC(C)=O)c3)n2N)cc1O. The van der Waals surface area contributed by atoms with Gasteiger partial charge in [-0.15, -0.1) is 10.2 Å². The van der Waals surface area contributed by atoms with Crippen LogP contribution in [0.2, 0.25) is 0 Å². The van der Waals surface area contributed by atoms with E-state index in [-0.39, 0.29) is 29.3 Å². The van der Waals surface area contributed by atoms with Crippen molar-refractivity contribution >= 4 is 47.1 Å². The zero-order chi connectivity index (χ0) is 23.8. The number of benzene rings is 2. The normalized spacial score (nSPS) is 10.7. The van der Waals surface area contributed by atoms with Crippen molar-refractivity contribution in [1.29, 1.82) is 0 Å². The van der Waals surface area contributed by atoms with E-state index < -0.39 is 0 Å². The summed E-state index contributed by atoms with van der Waals surface area (Å²) in [6.45, 7) is 1.41. The lowest BCUT2D eigenvalue weighted by Crippen LogP contribution is -2.17. The predicted molar refractivity (Wildman–Crippen MR) is 126 cm³/mol. The van der Waals surface area contributed by atoms with Gasteiger partial charge in [-0.1, -0.05) is 17.8 Å². The number of nitrogen functional groups attached to an aromatic ring is 1. The van der Waals surface area contributed by atoms with E-state index in [1.54, 1.807) is 36.4 Å². The van der Waals surface area contributed by atoms with Gasteiger partial charge in [0.15, 0.2) is 11.5 Å². The van der Waals surface area contributed by atoms with Gasteiger partial charge >= 0.3 is 0 Å². The first-order valence-corrected chi connectivity index (χ1v) is 10.5. The van der Waals surface area contributed by atoms with Gasteiger partial charge in [0.05, 0.1) is 19.1 Å². The molecule has 1 heterocycles. The van der Waals surface area contributed by atoms with Gasteiger partial charge < -0.3 is 26.3 Å². The predicted octanol–water partition coefficient (Wildman–Crippen LogP) is 1.84. The van der Waals surface area contributed by atoms with Crippen LogP contribution in [-0.4, -0.2) is 50.9 Å². The highest BCUT2D eigenvalue weighted by atomic mass is 32.2. The standard InChI is InChI=1S/C20H22N8O4S/c1-12(29)23-14-4-3-5-15(9-14)24-18(31)11-33-20-27-26-19(28(20)21)25-22-10-13-6-7-17(32-2)16(30)8-13/h3-10,30H,11,21H2,1-2H3,(H,23,29)(H,24,31)(H,25,26)/b22-10+. The Morgan fingerprint density at radius 2 is 1.97 bits per heavy atom. The molecule has 0 fully saturated rings. The van der Waals surface area contributed by atoms with Crippen LogP contribution in [0, 0.1) is 0 Å². The van der Waals surface area contributed by atoms with Gasteiger partial charge in [0, 0.05) is 18.3 Å². The van der Waals surface area contributed by atoms with E-state index >= 15 is 0 Å². The quantitative estimate of drug-likeness (QED) is 0.136. The van der Waals surface area contributed by atoms with E-state index in [0.717, 1.165) is 16.4 Å². The molecule has 12 nitrogen and oxygen atoms in total. The third kappa shape index (κ3) is 6.61. The molecule has 0 spiro atoms. The first-order chi connectivity index (χ1) is 15.9. The Balaban J connectivity index is 1.53. The number of rotatable bonds is 9. The lowest BCUT2D eigenvalue weighted by molar-refractivity contribution is -0.114. The van der Waals surface area contributed by atoms with Gasteiger partial charge in [0.1, 0.15) is 0 Å². The molecular formula is C20H22N8O4S.